The third-order valence-electron chi connectivity index (χ3n) is 6.33. The first-order valence-electron chi connectivity index (χ1n) is 11.7. The van der Waals surface area contributed by atoms with Crippen LogP contribution < -0.4 is 16.4 Å². The van der Waals surface area contributed by atoms with E-state index >= 15 is 0 Å². The van der Waals surface area contributed by atoms with Crippen LogP contribution in [0.25, 0.3) is 6.08 Å². The Balaban J connectivity index is 1.40. The summed E-state index contributed by atoms with van der Waals surface area (Å²) in [6.45, 7) is 1.20. The summed E-state index contributed by atoms with van der Waals surface area (Å²) in [7, 11) is 1.92. The fraction of sp³-hybridized carbons (Fsp3) is 0.214. The zero-order chi connectivity index (χ0) is 26.6. The van der Waals surface area contributed by atoms with Gasteiger partial charge in [-0.15, -0.1) is 0 Å². The highest BCUT2D eigenvalue weighted by molar-refractivity contribution is 6.03. The second kappa shape index (κ2) is 10.9. The maximum atomic E-state index is 13.0. The molecule has 4 rings (SSSR count). The van der Waals surface area contributed by atoms with Gasteiger partial charge in [0.25, 0.3) is 0 Å². The van der Waals surface area contributed by atoms with Crippen molar-refractivity contribution in [3.8, 4) is 0 Å². The molecule has 1 aliphatic rings. The lowest BCUT2D eigenvalue weighted by Gasteiger charge is -2.19. The van der Waals surface area contributed by atoms with Crippen LogP contribution in [0.15, 0.2) is 78.9 Å². The number of alkyl halides is 3. The lowest BCUT2D eigenvalue weighted by atomic mass is 9.88. The van der Waals surface area contributed by atoms with E-state index in [1.165, 1.54) is 18.2 Å². The van der Waals surface area contributed by atoms with Crippen molar-refractivity contribution in [1.29, 1.82) is 0 Å². The Bertz CT molecular complexity index is 1290. The van der Waals surface area contributed by atoms with Crippen molar-refractivity contribution in [3.63, 3.8) is 0 Å². The van der Waals surface area contributed by atoms with Crippen LogP contribution in [0.1, 0.15) is 22.6 Å². The highest BCUT2D eigenvalue weighted by atomic mass is 19.4. The van der Waals surface area contributed by atoms with E-state index in [0.29, 0.717) is 30.2 Å². The molecule has 0 aliphatic carbocycles. The zero-order valence-electron chi connectivity index (χ0n) is 20.1. The van der Waals surface area contributed by atoms with E-state index in [4.69, 9.17) is 5.73 Å². The number of carbonyl (C=O) groups excluding carboxylic acids is 2. The fourth-order valence-corrected chi connectivity index (χ4v) is 4.39. The van der Waals surface area contributed by atoms with E-state index in [1.807, 2.05) is 31.3 Å². The van der Waals surface area contributed by atoms with Gasteiger partial charge in [0.05, 0.1) is 22.9 Å². The summed E-state index contributed by atoms with van der Waals surface area (Å²) >= 11 is 0. The summed E-state index contributed by atoms with van der Waals surface area (Å²) in [5, 5.41) is 5.49. The predicted octanol–water partition coefficient (Wildman–Crippen LogP) is 5.22. The van der Waals surface area contributed by atoms with Crippen molar-refractivity contribution in [1.82, 2.24) is 4.90 Å². The number of likely N-dealkylation sites (N-methyl/N-ethyl adjacent to an activating group) is 1. The van der Waals surface area contributed by atoms with E-state index in [2.05, 4.69) is 15.5 Å². The van der Waals surface area contributed by atoms with E-state index in [0.717, 1.165) is 23.3 Å². The smallest absolute Gasteiger partial charge is 0.397 e. The van der Waals surface area contributed by atoms with Gasteiger partial charge >= 0.3 is 6.18 Å². The van der Waals surface area contributed by atoms with Gasteiger partial charge in [-0.3, -0.25) is 9.59 Å². The minimum absolute atomic E-state index is 0.0816. The number of hydrogen-bond acceptors (Lipinski definition) is 4. The number of nitrogens with zero attached hydrogens (tertiary/aromatic N) is 1. The molecule has 37 heavy (non-hydrogen) atoms. The minimum atomic E-state index is -4.43. The van der Waals surface area contributed by atoms with Crippen molar-refractivity contribution in [2.24, 2.45) is 5.92 Å². The molecule has 0 aromatic heterocycles. The van der Waals surface area contributed by atoms with Gasteiger partial charge in [-0.25, -0.2) is 0 Å². The molecule has 0 bridgehead atoms. The van der Waals surface area contributed by atoms with E-state index in [9.17, 15) is 22.8 Å². The molecule has 3 aromatic rings. The third-order valence-corrected chi connectivity index (χ3v) is 6.33. The average Bonchev–Trinajstić information content (AvgIpc) is 3.26. The van der Waals surface area contributed by atoms with Gasteiger partial charge in [-0.2, -0.15) is 13.2 Å². The number of likely N-dealkylation sites (tertiary alicyclic amines) is 1. The summed E-state index contributed by atoms with van der Waals surface area (Å²) < 4.78 is 38.4. The van der Waals surface area contributed by atoms with Gasteiger partial charge in [0.15, 0.2) is 0 Å². The number of rotatable bonds is 6. The number of hydrogen-bond donors (Lipinski definition) is 3. The summed E-state index contributed by atoms with van der Waals surface area (Å²) in [6, 6.07) is 19.0. The van der Waals surface area contributed by atoms with Gasteiger partial charge in [0.1, 0.15) is 0 Å². The molecule has 0 saturated carbocycles. The Kier molecular flexibility index (Phi) is 7.63. The van der Waals surface area contributed by atoms with Gasteiger partial charge in [-0.1, -0.05) is 36.4 Å². The molecule has 1 aliphatic heterocycles. The molecule has 192 valence electrons. The molecule has 1 fully saturated rings. The van der Waals surface area contributed by atoms with Crippen LogP contribution in [0.5, 0.6) is 0 Å². The Morgan fingerprint density at radius 2 is 1.62 bits per heavy atom. The molecule has 3 aromatic carbocycles. The van der Waals surface area contributed by atoms with Crippen molar-refractivity contribution >= 4 is 35.0 Å². The number of nitrogens with two attached hydrogens (primary N) is 1. The Hall–Kier alpha value is -4.11. The molecule has 1 saturated heterocycles. The predicted molar refractivity (Wildman–Crippen MR) is 139 cm³/mol. The Morgan fingerprint density at radius 3 is 2.27 bits per heavy atom. The van der Waals surface area contributed by atoms with Crippen LogP contribution in [0, 0.1) is 5.92 Å². The van der Waals surface area contributed by atoms with Crippen molar-refractivity contribution in [2.75, 3.05) is 36.5 Å². The summed E-state index contributed by atoms with van der Waals surface area (Å²) in [6.07, 6.45) is -1.32. The number of amides is 2. The molecule has 0 spiro atoms. The molecular formula is C28H27F3N4O2. The van der Waals surface area contributed by atoms with Crippen LogP contribution in [0.3, 0.4) is 0 Å². The summed E-state index contributed by atoms with van der Waals surface area (Å²) in [4.78, 5) is 27.3. The maximum absolute atomic E-state index is 13.0. The summed E-state index contributed by atoms with van der Waals surface area (Å²) in [5.41, 5.74) is 8.21. The van der Waals surface area contributed by atoms with Gasteiger partial charge in [-0.05, 0) is 60.6 Å². The topological polar surface area (TPSA) is 87.5 Å². The van der Waals surface area contributed by atoms with Gasteiger partial charge in [0, 0.05) is 30.8 Å². The standard InChI is InChI=1S/C28H27F3N4O2/c1-35-16-22(23(17-35)27(37)33-21-13-11-20(12-14-21)28(29,30)31)19-9-6-18(7-10-19)8-15-26(36)34-25-5-3-2-4-24(25)32/h2-15,22-23H,16-17,32H2,1H3,(H,33,37)(H,34,36)/b15-8+. The molecule has 2 amide bonds. The molecule has 2 unspecified atom stereocenters. The second-order valence-electron chi connectivity index (χ2n) is 9.08. The number of benzene rings is 3. The minimum Gasteiger partial charge on any atom is -0.397 e. The summed E-state index contributed by atoms with van der Waals surface area (Å²) in [5.74, 6) is -0.994. The number of nitrogen functional groups attached to an aromatic ring is 1. The maximum Gasteiger partial charge on any atom is 0.416 e. The number of carbonyl (C=O) groups is 2. The second-order valence-corrected chi connectivity index (χ2v) is 9.08. The average molecular weight is 509 g/mol. The van der Waals surface area contributed by atoms with Crippen molar-refractivity contribution in [3.05, 3.63) is 95.6 Å². The fourth-order valence-electron chi connectivity index (χ4n) is 4.39. The van der Waals surface area contributed by atoms with Gasteiger partial charge < -0.3 is 21.3 Å². The van der Waals surface area contributed by atoms with E-state index in [1.54, 1.807) is 30.3 Å². The molecular weight excluding hydrogens is 481 g/mol. The van der Waals surface area contributed by atoms with Crippen LogP contribution >= 0.6 is 0 Å². The zero-order valence-corrected chi connectivity index (χ0v) is 20.1. The normalized spacial score (nSPS) is 18.2. The highest BCUT2D eigenvalue weighted by Gasteiger charge is 2.37. The van der Waals surface area contributed by atoms with E-state index < -0.39 is 11.7 Å². The number of para-hydroxylation sites is 2. The van der Waals surface area contributed by atoms with Crippen molar-refractivity contribution < 1.29 is 22.8 Å². The first-order valence-corrected chi connectivity index (χ1v) is 11.7. The largest absolute Gasteiger partial charge is 0.416 e. The molecule has 0 radical (unpaired) electrons. The van der Waals surface area contributed by atoms with Crippen molar-refractivity contribution in [2.45, 2.75) is 12.1 Å². The first kappa shape index (κ1) is 26.0. The Morgan fingerprint density at radius 1 is 0.946 bits per heavy atom. The molecule has 2 atom stereocenters. The quantitative estimate of drug-likeness (QED) is 0.315. The molecule has 4 N–H and O–H groups in total. The molecule has 9 heteroatoms. The first-order chi connectivity index (χ1) is 17.6. The lowest BCUT2D eigenvalue weighted by molar-refractivity contribution is -0.137. The monoisotopic (exact) mass is 508 g/mol. The molecule has 6 nitrogen and oxygen atoms in total. The van der Waals surface area contributed by atoms with Crippen LogP contribution in [-0.4, -0.2) is 36.9 Å². The lowest BCUT2D eigenvalue weighted by Crippen LogP contribution is -2.28. The van der Waals surface area contributed by atoms with Crippen LogP contribution in [0.4, 0.5) is 30.2 Å². The SMILES string of the molecule is CN1CC(C(=O)Nc2ccc(C(F)(F)F)cc2)C(c2ccc(/C=C/C(=O)Nc3ccccc3N)cc2)C1. The van der Waals surface area contributed by atoms with Gasteiger partial charge in [0.2, 0.25) is 11.8 Å². The van der Waals surface area contributed by atoms with E-state index in [-0.39, 0.29) is 23.7 Å². The third kappa shape index (κ3) is 6.56. The number of nitrogens with one attached hydrogen (secondary N) is 2. The molecule has 1 heterocycles. The van der Waals surface area contributed by atoms with Crippen LogP contribution in [-0.2, 0) is 15.8 Å². The number of halogens is 3. The van der Waals surface area contributed by atoms with Crippen LogP contribution in [0.2, 0.25) is 0 Å². The highest BCUT2D eigenvalue weighted by Crippen LogP contribution is 2.34. The number of anilines is 3. The Labute approximate surface area is 213 Å².